The first-order chi connectivity index (χ1) is 7.27. The number of carbonyl (C=O) groups is 1. The summed E-state index contributed by atoms with van der Waals surface area (Å²) in [5.41, 5.74) is 6.58. The molecule has 0 radical (unpaired) electrons. The molecule has 2 nitrogen and oxygen atoms in total. The zero-order valence-electron chi connectivity index (χ0n) is 8.16. The normalized spacial score (nSPS) is 13.5. The second-order valence-corrected chi connectivity index (χ2v) is 3.74. The van der Waals surface area contributed by atoms with Crippen LogP contribution in [0.3, 0.4) is 0 Å². The van der Waals surface area contributed by atoms with E-state index >= 15 is 0 Å². The molecule has 0 spiro atoms. The van der Waals surface area contributed by atoms with Gasteiger partial charge >= 0.3 is 0 Å². The quantitative estimate of drug-likeness (QED) is 0.687. The molecule has 3 N–H and O–H groups in total. The molecule has 15 heavy (non-hydrogen) atoms. The average Bonchev–Trinajstić information content (AvgIpc) is 2.25. The molecule has 0 aliphatic heterocycles. The van der Waals surface area contributed by atoms with Gasteiger partial charge in [0.1, 0.15) is 5.69 Å². The lowest BCUT2D eigenvalue weighted by Gasteiger charge is -2.11. The first-order valence-electron chi connectivity index (χ1n) is 4.87. The molecule has 72 valence electrons. The van der Waals surface area contributed by atoms with E-state index < -0.39 is 0 Å². The maximum Gasteiger partial charge on any atom is 0.192 e. The van der Waals surface area contributed by atoms with Gasteiger partial charge in [-0.05, 0) is 23.1 Å². The van der Waals surface area contributed by atoms with E-state index in [1.165, 1.54) is 0 Å². The van der Waals surface area contributed by atoms with Gasteiger partial charge in [0.2, 0.25) is 0 Å². The summed E-state index contributed by atoms with van der Waals surface area (Å²) in [5.74, 6) is 0.0595. The van der Waals surface area contributed by atoms with E-state index in [-0.39, 0.29) is 5.78 Å². The molecule has 0 saturated carbocycles. The van der Waals surface area contributed by atoms with E-state index in [0.29, 0.717) is 0 Å². The van der Waals surface area contributed by atoms with Crippen molar-refractivity contribution in [1.82, 2.24) is 0 Å². The second kappa shape index (κ2) is 2.78. The summed E-state index contributed by atoms with van der Waals surface area (Å²) in [4.78, 5) is 11.8. The van der Waals surface area contributed by atoms with E-state index in [1.807, 2.05) is 36.4 Å². The minimum atomic E-state index is 0.0595. The van der Waals surface area contributed by atoms with E-state index in [9.17, 15) is 4.79 Å². The zero-order chi connectivity index (χ0) is 10.4. The number of ketones is 1. The van der Waals surface area contributed by atoms with Crippen LogP contribution in [0.1, 0.15) is 15.9 Å². The fraction of sp³-hybridized carbons (Fsp3) is 0. The highest BCUT2D eigenvalue weighted by molar-refractivity contribution is 6.22. The van der Waals surface area contributed by atoms with Crippen LogP contribution in [0.5, 0.6) is 0 Å². The van der Waals surface area contributed by atoms with Crippen LogP contribution in [0.15, 0.2) is 36.4 Å². The van der Waals surface area contributed by atoms with Crippen LogP contribution in [-0.2, 0) is 0 Å². The van der Waals surface area contributed by atoms with Crippen LogP contribution in [0.2, 0.25) is 0 Å². The summed E-state index contributed by atoms with van der Waals surface area (Å²) >= 11 is 0. The summed E-state index contributed by atoms with van der Waals surface area (Å²) in [6.45, 7) is 0. The van der Waals surface area contributed by atoms with Gasteiger partial charge in [0, 0.05) is 11.5 Å². The lowest BCUT2D eigenvalue weighted by Crippen LogP contribution is -2.42. The van der Waals surface area contributed by atoms with Crippen molar-refractivity contribution in [2.75, 3.05) is 0 Å². The second-order valence-electron chi connectivity index (χ2n) is 3.74. The molecule has 2 heteroatoms. The van der Waals surface area contributed by atoms with E-state index in [0.717, 1.165) is 27.6 Å². The van der Waals surface area contributed by atoms with Crippen molar-refractivity contribution in [1.29, 1.82) is 0 Å². The Morgan fingerprint density at radius 2 is 1.87 bits per heavy atom. The molecular formula is C13H10NO+. The van der Waals surface area contributed by atoms with Crippen molar-refractivity contribution in [2.45, 2.75) is 0 Å². The van der Waals surface area contributed by atoms with Gasteiger partial charge in [0.05, 0.1) is 5.56 Å². The number of allylic oxidation sites excluding steroid dienone is 1. The van der Waals surface area contributed by atoms with Gasteiger partial charge in [-0.3, -0.25) is 4.79 Å². The highest BCUT2D eigenvalue weighted by Crippen LogP contribution is 2.31. The molecule has 2 aromatic rings. The lowest BCUT2D eigenvalue weighted by atomic mass is 9.91. The number of rotatable bonds is 0. The van der Waals surface area contributed by atoms with Crippen molar-refractivity contribution in [2.24, 2.45) is 0 Å². The van der Waals surface area contributed by atoms with E-state index in [1.54, 1.807) is 6.08 Å². The SMILES string of the molecule is [NH3+]c1ccc2cccc3c2c1C(=O)C=C3. The molecule has 0 bridgehead atoms. The molecule has 0 fully saturated rings. The smallest absolute Gasteiger partial charge is 0.192 e. The number of hydrogen-bond donors (Lipinski definition) is 1. The summed E-state index contributed by atoms with van der Waals surface area (Å²) < 4.78 is 0. The summed E-state index contributed by atoms with van der Waals surface area (Å²) in [6, 6.07) is 9.96. The molecule has 0 saturated heterocycles. The molecule has 2 aromatic carbocycles. The van der Waals surface area contributed by atoms with Crippen LogP contribution in [-0.4, -0.2) is 5.78 Å². The van der Waals surface area contributed by atoms with Gasteiger partial charge in [-0.2, -0.15) is 0 Å². The Hall–Kier alpha value is -1.93. The number of benzene rings is 2. The zero-order valence-corrected chi connectivity index (χ0v) is 8.16. The van der Waals surface area contributed by atoms with Crippen molar-refractivity contribution >= 4 is 28.3 Å². The topological polar surface area (TPSA) is 44.7 Å². The third kappa shape index (κ3) is 1.05. The van der Waals surface area contributed by atoms with E-state index in [4.69, 9.17) is 0 Å². The molecule has 0 unspecified atom stereocenters. The fourth-order valence-electron chi connectivity index (χ4n) is 2.12. The molecule has 0 atom stereocenters. The highest BCUT2D eigenvalue weighted by atomic mass is 16.1. The largest absolute Gasteiger partial charge is 0.325 e. The van der Waals surface area contributed by atoms with Gasteiger partial charge in [-0.15, -0.1) is 0 Å². The lowest BCUT2D eigenvalue weighted by molar-refractivity contribution is -0.254. The first kappa shape index (κ1) is 8.38. The Morgan fingerprint density at radius 3 is 2.73 bits per heavy atom. The predicted octanol–water partition coefficient (Wildman–Crippen LogP) is 1.92. The van der Waals surface area contributed by atoms with Gasteiger partial charge in [-0.25, -0.2) is 0 Å². The Kier molecular flexibility index (Phi) is 1.55. The van der Waals surface area contributed by atoms with Crippen LogP contribution in [0.4, 0.5) is 5.69 Å². The number of hydrogen-bond acceptors (Lipinski definition) is 1. The van der Waals surface area contributed by atoms with Crippen molar-refractivity contribution in [3.8, 4) is 0 Å². The molecular weight excluding hydrogens is 186 g/mol. The Balaban J connectivity index is 2.60. The van der Waals surface area contributed by atoms with Crippen molar-refractivity contribution in [3.63, 3.8) is 0 Å². The fourth-order valence-corrected chi connectivity index (χ4v) is 2.12. The van der Waals surface area contributed by atoms with Gasteiger partial charge in [0.15, 0.2) is 5.78 Å². The molecule has 0 heterocycles. The van der Waals surface area contributed by atoms with Crippen LogP contribution < -0.4 is 5.73 Å². The van der Waals surface area contributed by atoms with Gasteiger partial charge in [0.25, 0.3) is 0 Å². The third-order valence-corrected chi connectivity index (χ3v) is 2.82. The average molecular weight is 196 g/mol. The summed E-state index contributed by atoms with van der Waals surface area (Å²) in [5, 5.41) is 2.14. The minimum Gasteiger partial charge on any atom is -0.325 e. The predicted molar refractivity (Wildman–Crippen MR) is 59.9 cm³/mol. The first-order valence-corrected chi connectivity index (χ1v) is 4.87. The third-order valence-electron chi connectivity index (χ3n) is 2.82. The minimum absolute atomic E-state index is 0.0595. The number of carbonyl (C=O) groups excluding carboxylic acids is 1. The molecule has 1 aliphatic rings. The van der Waals surface area contributed by atoms with E-state index in [2.05, 4.69) is 5.73 Å². The monoisotopic (exact) mass is 196 g/mol. The molecule has 3 rings (SSSR count). The van der Waals surface area contributed by atoms with Crippen LogP contribution in [0, 0.1) is 0 Å². The highest BCUT2D eigenvalue weighted by Gasteiger charge is 2.19. The maximum atomic E-state index is 11.8. The summed E-state index contributed by atoms with van der Waals surface area (Å²) in [6.07, 6.45) is 3.49. The maximum absolute atomic E-state index is 11.8. The van der Waals surface area contributed by atoms with Crippen LogP contribution in [0.25, 0.3) is 16.8 Å². The van der Waals surface area contributed by atoms with Gasteiger partial charge in [-0.1, -0.05) is 24.3 Å². The van der Waals surface area contributed by atoms with Crippen LogP contribution >= 0.6 is 0 Å². The molecule has 0 aromatic heterocycles. The van der Waals surface area contributed by atoms with Gasteiger partial charge < -0.3 is 5.73 Å². The van der Waals surface area contributed by atoms with Crippen molar-refractivity contribution in [3.05, 3.63) is 47.5 Å². The summed E-state index contributed by atoms with van der Waals surface area (Å²) in [7, 11) is 0. The Labute approximate surface area is 87.0 Å². The molecule has 0 amide bonds. The Bertz CT molecular complexity index is 611. The Morgan fingerprint density at radius 1 is 1.00 bits per heavy atom. The van der Waals surface area contributed by atoms with Crippen molar-refractivity contribution < 1.29 is 10.5 Å². The molecule has 1 aliphatic carbocycles. The number of quaternary nitrogens is 1. The standard InChI is InChI=1S/C13H9NO/c14-10-6-4-8-2-1-3-9-5-7-11(15)13(10)12(8)9/h1-7H,14H2/p+1.